The zero-order chi connectivity index (χ0) is 15.0. The van der Waals surface area contributed by atoms with E-state index in [0.29, 0.717) is 12.1 Å². The Balaban J connectivity index is 0.00000400. The molecule has 2 N–H and O–H groups in total. The Bertz CT molecular complexity index is 488. The topological polar surface area (TPSA) is 75.6 Å². The summed E-state index contributed by atoms with van der Waals surface area (Å²) in [6, 6.07) is 8.52. The summed E-state index contributed by atoms with van der Waals surface area (Å²) < 4.78 is 4.77. The number of hydrogen-bond acceptors (Lipinski definition) is 4. The van der Waals surface area contributed by atoms with Gasteiger partial charge in [0.2, 0.25) is 0 Å². The van der Waals surface area contributed by atoms with E-state index in [9.17, 15) is 14.7 Å². The Labute approximate surface area is 146 Å². The standard InChI is InChI=1S/C15H19NO4.Na/c1-3-20-14(17)9-11(2)16-13(15(18)19)10-12-7-5-4-6-8-12;/h4-9,13,16H,3,10H2,1-2H3,(H,18,19);. The normalized spacial score (nSPS) is 12.0. The smallest absolute Gasteiger partial charge is 0.332 e. The summed E-state index contributed by atoms with van der Waals surface area (Å²) in [6.07, 6.45) is 1.59. The van der Waals surface area contributed by atoms with Crippen LogP contribution in [0.4, 0.5) is 0 Å². The Morgan fingerprint density at radius 2 is 1.95 bits per heavy atom. The number of allylic oxidation sites excluding steroid dienone is 1. The van der Waals surface area contributed by atoms with Gasteiger partial charge in [-0.3, -0.25) is 0 Å². The number of carbonyl (C=O) groups excluding carboxylic acids is 1. The summed E-state index contributed by atoms with van der Waals surface area (Å²) in [5, 5.41) is 12.0. The summed E-state index contributed by atoms with van der Waals surface area (Å²) >= 11 is 0. The number of benzene rings is 1. The van der Waals surface area contributed by atoms with Crippen LogP contribution in [0, 0.1) is 0 Å². The van der Waals surface area contributed by atoms with Gasteiger partial charge in [0.05, 0.1) is 6.61 Å². The van der Waals surface area contributed by atoms with Crippen molar-refractivity contribution in [3.05, 3.63) is 47.7 Å². The molecule has 0 aliphatic heterocycles. The molecule has 0 aliphatic rings. The van der Waals surface area contributed by atoms with Crippen molar-refractivity contribution in [3.63, 3.8) is 0 Å². The van der Waals surface area contributed by atoms with Gasteiger partial charge in [-0.05, 0) is 19.4 Å². The maximum Gasteiger partial charge on any atom is 0.332 e. The SMILES string of the molecule is CCOC(=O)C=C(C)NC(Cc1ccccc1)C(=O)O.[Na]. The fourth-order valence-electron chi connectivity index (χ4n) is 1.73. The first kappa shape index (κ1) is 19.7. The molecule has 0 heterocycles. The van der Waals surface area contributed by atoms with Crippen LogP contribution in [0.3, 0.4) is 0 Å². The molecule has 0 bridgehead atoms. The molecule has 21 heavy (non-hydrogen) atoms. The second-order valence-electron chi connectivity index (χ2n) is 4.30. The Morgan fingerprint density at radius 3 is 2.48 bits per heavy atom. The predicted octanol–water partition coefficient (Wildman–Crippen LogP) is 1.36. The molecule has 0 amide bonds. The molecule has 6 heteroatoms. The largest absolute Gasteiger partial charge is 0.480 e. The first-order chi connectivity index (χ1) is 9.52. The van der Waals surface area contributed by atoms with Gasteiger partial charge in [-0.15, -0.1) is 0 Å². The number of aliphatic carboxylic acids is 1. The van der Waals surface area contributed by atoms with Crippen LogP contribution in [0.15, 0.2) is 42.1 Å². The molecular formula is C15H19NNaO4. The molecule has 1 atom stereocenters. The van der Waals surface area contributed by atoms with Crippen LogP contribution in [-0.4, -0.2) is 59.3 Å². The van der Waals surface area contributed by atoms with E-state index in [0.717, 1.165) is 5.56 Å². The van der Waals surface area contributed by atoms with Crippen molar-refractivity contribution >= 4 is 41.5 Å². The zero-order valence-electron chi connectivity index (χ0n) is 12.6. The average molecular weight is 300 g/mol. The zero-order valence-corrected chi connectivity index (χ0v) is 14.6. The minimum atomic E-state index is -0.967. The number of carboxylic acids is 1. The molecular weight excluding hydrogens is 281 g/mol. The van der Waals surface area contributed by atoms with E-state index in [1.165, 1.54) is 6.08 Å². The van der Waals surface area contributed by atoms with Gasteiger partial charge in [-0.2, -0.15) is 0 Å². The number of nitrogens with one attached hydrogen (secondary N) is 1. The summed E-state index contributed by atoms with van der Waals surface area (Å²) in [6.45, 7) is 3.64. The van der Waals surface area contributed by atoms with Gasteiger partial charge >= 0.3 is 11.9 Å². The van der Waals surface area contributed by atoms with Crippen molar-refractivity contribution in [1.29, 1.82) is 0 Å². The third-order valence-corrected chi connectivity index (χ3v) is 2.60. The van der Waals surface area contributed by atoms with Crippen LogP contribution in [0.5, 0.6) is 0 Å². The maximum atomic E-state index is 11.3. The molecule has 5 nitrogen and oxygen atoms in total. The Morgan fingerprint density at radius 1 is 1.33 bits per heavy atom. The molecule has 1 rings (SSSR count). The van der Waals surface area contributed by atoms with Crippen LogP contribution < -0.4 is 5.32 Å². The van der Waals surface area contributed by atoms with Gasteiger partial charge in [0.15, 0.2) is 0 Å². The van der Waals surface area contributed by atoms with Gasteiger partial charge in [0.25, 0.3) is 0 Å². The van der Waals surface area contributed by atoms with E-state index in [1.54, 1.807) is 13.8 Å². The molecule has 0 spiro atoms. The number of ether oxygens (including phenoxy) is 1. The Hall–Kier alpha value is -1.30. The van der Waals surface area contributed by atoms with Crippen LogP contribution in [-0.2, 0) is 20.7 Å². The quantitative estimate of drug-likeness (QED) is 0.452. The van der Waals surface area contributed by atoms with Gasteiger partial charge in [-0.1, -0.05) is 30.3 Å². The number of hydrogen-bond donors (Lipinski definition) is 2. The monoisotopic (exact) mass is 300 g/mol. The van der Waals surface area contributed by atoms with E-state index < -0.39 is 18.0 Å². The number of esters is 1. The van der Waals surface area contributed by atoms with Crippen molar-refractivity contribution in [2.24, 2.45) is 0 Å². The summed E-state index contributed by atoms with van der Waals surface area (Å²) in [5.41, 5.74) is 1.38. The molecule has 0 fully saturated rings. The van der Waals surface area contributed by atoms with Crippen LogP contribution in [0.1, 0.15) is 19.4 Å². The molecule has 1 radical (unpaired) electrons. The minimum absolute atomic E-state index is 0. The molecule has 1 aromatic rings. The van der Waals surface area contributed by atoms with E-state index >= 15 is 0 Å². The van der Waals surface area contributed by atoms with E-state index in [1.807, 2.05) is 30.3 Å². The predicted molar refractivity (Wildman–Crippen MR) is 80.8 cm³/mol. The van der Waals surface area contributed by atoms with Gasteiger partial charge < -0.3 is 15.2 Å². The number of carbonyl (C=O) groups is 2. The van der Waals surface area contributed by atoms with Crippen molar-refractivity contribution in [1.82, 2.24) is 5.32 Å². The molecule has 0 aliphatic carbocycles. The van der Waals surface area contributed by atoms with E-state index in [2.05, 4.69) is 5.32 Å². The van der Waals surface area contributed by atoms with Crippen LogP contribution in [0.2, 0.25) is 0 Å². The second-order valence-corrected chi connectivity index (χ2v) is 4.30. The van der Waals surface area contributed by atoms with Crippen molar-refractivity contribution in [2.45, 2.75) is 26.3 Å². The van der Waals surface area contributed by atoms with Crippen molar-refractivity contribution < 1.29 is 19.4 Å². The number of rotatable bonds is 7. The molecule has 0 aromatic heterocycles. The van der Waals surface area contributed by atoms with E-state index in [4.69, 9.17) is 4.74 Å². The minimum Gasteiger partial charge on any atom is -0.480 e. The maximum absolute atomic E-state index is 11.3. The Kier molecular flexibility index (Phi) is 9.78. The summed E-state index contributed by atoms with van der Waals surface area (Å²) in [5.74, 6) is -1.45. The average Bonchev–Trinajstić information content (AvgIpc) is 2.39. The van der Waals surface area contributed by atoms with Crippen molar-refractivity contribution in [3.8, 4) is 0 Å². The van der Waals surface area contributed by atoms with Crippen LogP contribution in [0.25, 0.3) is 0 Å². The molecule has 1 aromatic carbocycles. The third-order valence-electron chi connectivity index (χ3n) is 2.60. The number of carboxylic acid groups (broad SMARTS) is 1. The molecule has 109 valence electrons. The fraction of sp³-hybridized carbons (Fsp3) is 0.333. The summed E-state index contributed by atoms with van der Waals surface area (Å²) in [4.78, 5) is 22.5. The van der Waals surface area contributed by atoms with E-state index in [-0.39, 0.29) is 36.2 Å². The summed E-state index contributed by atoms with van der Waals surface area (Å²) in [7, 11) is 0. The molecule has 0 saturated carbocycles. The molecule has 0 saturated heterocycles. The third kappa shape index (κ3) is 7.90. The second kappa shape index (κ2) is 10.4. The molecule has 1 unspecified atom stereocenters. The van der Waals surface area contributed by atoms with Crippen molar-refractivity contribution in [2.75, 3.05) is 6.61 Å². The van der Waals surface area contributed by atoms with Gasteiger partial charge in [-0.25, -0.2) is 9.59 Å². The van der Waals surface area contributed by atoms with Gasteiger partial charge in [0.1, 0.15) is 6.04 Å². The van der Waals surface area contributed by atoms with Crippen LogP contribution >= 0.6 is 0 Å². The first-order valence-electron chi connectivity index (χ1n) is 6.41. The first-order valence-corrected chi connectivity index (χ1v) is 6.41. The van der Waals surface area contributed by atoms with Gasteiger partial charge in [0, 0.05) is 47.8 Å². The fourth-order valence-corrected chi connectivity index (χ4v) is 1.73.